The summed E-state index contributed by atoms with van der Waals surface area (Å²) in [4.78, 5) is 0. The summed E-state index contributed by atoms with van der Waals surface area (Å²) in [6.45, 7) is 4.77. The van der Waals surface area contributed by atoms with E-state index in [0.29, 0.717) is 5.41 Å². The molecule has 0 amide bonds. The Kier molecular flexibility index (Phi) is 1.77. The van der Waals surface area contributed by atoms with Crippen molar-refractivity contribution in [3.8, 4) is 0 Å². The van der Waals surface area contributed by atoms with Crippen LogP contribution in [0.1, 0.15) is 12.5 Å². The Morgan fingerprint density at radius 3 is 2.71 bits per heavy atom. The third kappa shape index (κ3) is 1.13. The number of piperidine rings is 1. The van der Waals surface area contributed by atoms with E-state index in [-0.39, 0.29) is 0 Å². The van der Waals surface area contributed by atoms with Gasteiger partial charge < -0.3 is 5.32 Å². The summed E-state index contributed by atoms with van der Waals surface area (Å²) < 4.78 is 0. The molecule has 2 aromatic rings. The molecule has 2 aromatic carbocycles. The van der Waals surface area contributed by atoms with E-state index in [1.807, 2.05) is 0 Å². The molecule has 3 atom stereocenters. The molecule has 4 rings (SSSR count). The molecule has 1 saturated heterocycles. The zero-order valence-electron chi connectivity index (χ0n) is 10.1. The third-order valence-corrected chi connectivity index (χ3v) is 5.04. The first-order valence-corrected chi connectivity index (χ1v) is 6.52. The second kappa shape index (κ2) is 3.11. The summed E-state index contributed by atoms with van der Waals surface area (Å²) in [7, 11) is 0. The smallest absolute Gasteiger partial charge is 0.0150 e. The van der Waals surface area contributed by atoms with E-state index in [1.165, 1.54) is 17.3 Å². The van der Waals surface area contributed by atoms with Crippen LogP contribution in [0.3, 0.4) is 0 Å². The predicted octanol–water partition coefficient (Wildman–Crippen LogP) is 2.95. The number of benzene rings is 2. The number of hydrogen-bond donors (Lipinski definition) is 1. The van der Waals surface area contributed by atoms with Gasteiger partial charge in [0.25, 0.3) is 0 Å². The van der Waals surface area contributed by atoms with Gasteiger partial charge in [-0.1, -0.05) is 49.4 Å². The molecular weight excluding hydrogens is 206 g/mol. The van der Waals surface area contributed by atoms with Crippen LogP contribution in [0.4, 0.5) is 0 Å². The molecule has 0 bridgehead atoms. The molecule has 17 heavy (non-hydrogen) atoms. The molecule has 1 N–H and O–H groups in total. The van der Waals surface area contributed by atoms with Gasteiger partial charge in [-0.05, 0) is 34.7 Å². The lowest BCUT2D eigenvalue weighted by Gasteiger charge is -2.15. The Morgan fingerprint density at radius 2 is 1.94 bits per heavy atom. The summed E-state index contributed by atoms with van der Waals surface area (Å²) in [6, 6.07) is 15.7. The van der Waals surface area contributed by atoms with E-state index in [1.54, 1.807) is 5.56 Å². The van der Waals surface area contributed by atoms with Crippen molar-refractivity contribution in [1.82, 2.24) is 5.32 Å². The minimum absolute atomic E-state index is 0.448. The minimum atomic E-state index is 0.448. The zero-order chi connectivity index (χ0) is 11.5. The lowest BCUT2D eigenvalue weighted by molar-refractivity contribution is 0.591. The fourth-order valence-corrected chi connectivity index (χ4v) is 3.87. The van der Waals surface area contributed by atoms with Crippen LogP contribution < -0.4 is 5.32 Å². The normalized spacial score (nSPS) is 34.9. The monoisotopic (exact) mass is 223 g/mol. The molecule has 0 aromatic heterocycles. The van der Waals surface area contributed by atoms with Gasteiger partial charge in [0.1, 0.15) is 0 Å². The first kappa shape index (κ1) is 9.67. The second-order valence-corrected chi connectivity index (χ2v) is 5.63. The predicted molar refractivity (Wildman–Crippen MR) is 71.1 cm³/mol. The third-order valence-electron chi connectivity index (χ3n) is 5.04. The van der Waals surface area contributed by atoms with Crippen LogP contribution in [0.5, 0.6) is 0 Å². The summed E-state index contributed by atoms with van der Waals surface area (Å²) in [5.41, 5.74) is 1.99. The van der Waals surface area contributed by atoms with Gasteiger partial charge in [-0.15, -0.1) is 0 Å². The summed E-state index contributed by atoms with van der Waals surface area (Å²) in [6.07, 6.45) is 0. The summed E-state index contributed by atoms with van der Waals surface area (Å²) in [5.74, 6) is 1.72. The maximum atomic E-state index is 3.54. The lowest BCUT2D eigenvalue weighted by Crippen LogP contribution is -2.22. The van der Waals surface area contributed by atoms with E-state index >= 15 is 0 Å². The van der Waals surface area contributed by atoms with Gasteiger partial charge in [0.05, 0.1) is 0 Å². The van der Waals surface area contributed by atoms with Crippen LogP contribution in [-0.2, 0) is 5.41 Å². The first-order chi connectivity index (χ1) is 8.32. The highest BCUT2D eigenvalue weighted by atomic mass is 15.0. The van der Waals surface area contributed by atoms with Crippen LogP contribution in [-0.4, -0.2) is 13.1 Å². The minimum Gasteiger partial charge on any atom is -0.316 e. The number of nitrogens with one attached hydrogen (secondary N) is 1. The first-order valence-electron chi connectivity index (χ1n) is 6.52. The molecule has 1 nitrogen and oxygen atoms in total. The van der Waals surface area contributed by atoms with Crippen molar-refractivity contribution in [3.63, 3.8) is 0 Å². The van der Waals surface area contributed by atoms with Crippen molar-refractivity contribution in [2.75, 3.05) is 13.1 Å². The van der Waals surface area contributed by atoms with Gasteiger partial charge in [0.15, 0.2) is 0 Å². The number of fused-ring (bicyclic) bond motifs is 2. The van der Waals surface area contributed by atoms with E-state index in [0.717, 1.165) is 18.4 Å². The van der Waals surface area contributed by atoms with Crippen LogP contribution in [0.15, 0.2) is 42.5 Å². The summed E-state index contributed by atoms with van der Waals surface area (Å²) in [5, 5.41) is 6.27. The Balaban J connectivity index is 1.87. The Morgan fingerprint density at radius 1 is 1.12 bits per heavy atom. The fourth-order valence-electron chi connectivity index (χ4n) is 3.87. The second-order valence-electron chi connectivity index (χ2n) is 5.63. The summed E-state index contributed by atoms with van der Waals surface area (Å²) >= 11 is 0. The van der Waals surface area contributed by atoms with E-state index < -0.39 is 0 Å². The number of rotatable bonds is 1. The molecular formula is C16H17N. The van der Waals surface area contributed by atoms with Gasteiger partial charge >= 0.3 is 0 Å². The molecule has 1 aliphatic heterocycles. The van der Waals surface area contributed by atoms with Crippen molar-refractivity contribution in [2.45, 2.75) is 12.3 Å². The molecule has 0 radical (unpaired) electrons. The van der Waals surface area contributed by atoms with Crippen LogP contribution in [0.25, 0.3) is 10.8 Å². The molecule has 1 heterocycles. The largest absolute Gasteiger partial charge is 0.316 e. The fraction of sp³-hybridized carbons (Fsp3) is 0.375. The molecule has 2 fully saturated rings. The van der Waals surface area contributed by atoms with Crippen LogP contribution in [0.2, 0.25) is 0 Å². The highest BCUT2D eigenvalue weighted by Gasteiger charge is 2.64. The van der Waals surface area contributed by atoms with Gasteiger partial charge in [-0.3, -0.25) is 0 Å². The van der Waals surface area contributed by atoms with E-state index in [4.69, 9.17) is 0 Å². The molecule has 0 spiro atoms. The van der Waals surface area contributed by atoms with Crippen molar-refractivity contribution in [3.05, 3.63) is 48.0 Å². The van der Waals surface area contributed by atoms with Gasteiger partial charge in [-0.25, -0.2) is 0 Å². The van der Waals surface area contributed by atoms with Crippen molar-refractivity contribution >= 4 is 10.8 Å². The number of hydrogen-bond acceptors (Lipinski definition) is 1. The van der Waals surface area contributed by atoms with Crippen molar-refractivity contribution in [2.24, 2.45) is 11.8 Å². The molecule has 1 unspecified atom stereocenters. The van der Waals surface area contributed by atoms with Crippen molar-refractivity contribution < 1.29 is 0 Å². The standard InChI is InChI=1S/C16H17N/c1-11-15-9-17-10-16(11,15)14-7-6-12-4-2-3-5-13(12)8-14/h2-8,11,15,17H,9-10H2,1H3/t11-,15?,16-/m1/s1. The van der Waals surface area contributed by atoms with Crippen LogP contribution >= 0.6 is 0 Å². The maximum absolute atomic E-state index is 3.54. The Labute approximate surface area is 102 Å². The molecule has 2 aliphatic rings. The van der Waals surface area contributed by atoms with Gasteiger partial charge in [-0.2, -0.15) is 0 Å². The highest BCUT2D eigenvalue weighted by molar-refractivity contribution is 5.83. The molecule has 86 valence electrons. The topological polar surface area (TPSA) is 12.0 Å². The van der Waals surface area contributed by atoms with Gasteiger partial charge in [0.2, 0.25) is 0 Å². The maximum Gasteiger partial charge on any atom is 0.0150 e. The van der Waals surface area contributed by atoms with E-state index in [2.05, 4.69) is 54.7 Å². The average Bonchev–Trinajstić information content (AvgIpc) is 2.78. The van der Waals surface area contributed by atoms with Crippen molar-refractivity contribution in [1.29, 1.82) is 0 Å². The van der Waals surface area contributed by atoms with E-state index in [9.17, 15) is 0 Å². The molecule has 1 aliphatic carbocycles. The molecule has 1 heteroatoms. The average molecular weight is 223 g/mol. The SMILES string of the molecule is C[C@@H]1C2CNC[C@@]21c1ccc2ccccc2c1. The molecule has 1 saturated carbocycles. The lowest BCUT2D eigenvalue weighted by atomic mass is 9.91. The quantitative estimate of drug-likeness (QED) is 0.783. The Bertz CT molecular complexity index is 589. The zero-order valence-corrected chi connectivity index (χ0v) is 10.1. The highest BCUT2D eigenvalue weighted by Crippen LogP contribution is 2.61. The Hall–Kier alpha value is -1.34. The van der Waals surface area contributed by atoms with Gasteiger partial charge in [0, 0.05) is 12.0 Å². The van der Waals surface area contributed by atoms with Crippen LogP contribution in [0, 0.1) is 11.8 Å².